The van der Waals surface area contributed by atoms with Crippen molar-refractivity contribution >= 4 is 23.4 Å². The molecule has 2 aliphatic rings. The first-order chi connectivity index (χ1) is 12.2. The third-order valence-corrected chi connectivity index (χ3v) is 5.34. The molecule has 3 amide bonds. The van der Waals surface area contributed by atoms with Crippen molar-refractivity contribution in [1.82, 2.24) is 9.80 Å². The summed E-state index contributed by atoms with van der Waals surface area (Å²) in [6, 6.07) is 7.34. The number of fused-ring (bicyclic) bond motifs is 2. The van der Waals surface area contributed by atoms with Crippen LogP contribution in [0.4, 0.5) is 0 Å². The van der Waals surface area contributed by atoms with Gasteiger partial charge in [0, 0.05) is 30.9 Å². The zero-order valence-corrected chi connectivity index (χ0v) is 15.1. The van der Waals surface area contributed by atoms with Gasteiger partial charge in [-0.3, -0.25) is 19.3 Å². The number of carbonyl (C=O) groups excluding carboxylic acids is 3. The Hall–Kier alpha value is -3.21. The molecule has 0 aliphatic carbocycles. The Morgan fingerprint density at radius 2 is 1.00 bits per heavy atom. The van der Waals surface area contributed by atoms with E-state index in [0.717, 1.165) is 32.7 Å². The average molecular weight is 346 g/mol. The van der Waals surface area contributed by atoms with Crippen LogP contribution >= 0.6 is 0 Å². The molecule has 26 heavy (non-hydrogen) atoms. The van der Waals surface area contributed by atoms with Crippen molar-refractivity contribution in [3.63, 3.8) is 0 Å². The average Bonchev–Trinajstić information content (AvgIpc) is 2.95. The molecule has 0 unspecified atom stereocenters. The molecule has 0 N–H and O–H groups in total. The number of hydrogen-bond donors (Lipinski definition) is 0. The van der Waals surface area contributed by atoms with Crippen molar-refractivity contribution in [2.75, 3.05) is 14.1 Å². The Morgan fingerprint density at radius 1 is 0.615 bits per heavy atom. The summed E-state index contributed by atoms with van der Waals surface area (Å²) < 4.78 is 0. The van der Waals surface area contributed by atoms with E-state index < -0.39 is 0 Å². The van der Waals surface area contributed by atoms with Gasteiger partial charge in [0.15, 0.2) is 0 Å². The zero-order chi connectivity index (χ0) is 18.9. The molecule has 2 heterocycles. The molecular formula is C21H18N2O3. The van der Waals surface area contributed by atoms with E-state index in [4.69, 9.17) is 0 Å². The third-order valence-electron chi connectivity index (χ3n) is 5.34. The van der Waals surface area contributed by atoms with E-state index >= 15 is 0 Å². The Kier molecular flexibility index (Phi) is 3.22. The molecule has 0 saturated carbocycles. The predicted molar refractivity (Wildman–Crippen MR) is 98.9 cm³/mol. The van der Waals surface area contributed by atoms with Gasteiger partial charge < -0.3 is 4.90 Å². The number of rotatable bonds is 1. The minimum Gasteiger partial charge on any atom is -0.311 e. The van der Waals surface area contributed by atoms with Gasteiger partial charge in [-0.05, 0) is 60.4 Å². The van der Waals surface area contributed by atoms with E-state index in [1.165, 1.54) is 7.05 Å². The van der Waals surface area contributed by atoms with Gasteiger partial charge in [0.25, 0.3) is 17.7 Å². The van der Waals surface area contributed by atoms with Crippen molar-refractivity contribution in [2.24, 2.45) is 0 Å². The molecule has 130 valence electrons. The van der Waals surface area contributed by atoms with Gasteiger partial charge in [0.2, 0.25) is 0 Å². The molecule has 0 radical (unpaired) electrons. The number of amides is 3. The number of benzene rings is 2. The minimum absolute atomic E-state index is 0.0870. The summed E-state index contributed by atoms with van der Waals surface area (Å²) in [6.45, 7) is 7.86. The normalized spacial score (nSPS) is 15.8. The SMILES string of the molecule is C=C1c2cc(C)c(-c3cc4c(cc3C)C(=O)N(C)C4=O)cc2C(=O)N1C. The van der Waals surface area contributed by atoms with Crippen LogP contribution in [0, 0.1) is 13.8 Å². The highest BCUT2D eigenvalue weighted by molar-refractivity contribution is 6.21. The number of carbonyl (C=O) groups is 3. The van der Waals surface area contributed by atoms with Crippen molar-refractivity contribution < 1.29 is 14.4 Å². The van der Waals surface area contributed by atoms with Crippen LogP contribution in [0.5, 0.6) is 0 Å². The summed E-state index contributed by atoms with van der Waals surface area (Å²) in [5.41, 5.74) is 6.59. The first-order valence-electron chi connectivity index (χ1n) is 8.31. The monoisotopic (exact) mass is 346 g/mol. The van der Waals surface area contributed by atoms with Crippen LogP contribution in [-0.2, 0) is 0 Å². The number of aryl methyl sites for hydroxylation is 2. The van der Waals surface area contributed by atoms with Crippen LogP contribution in [0.1, 0.15) is 47.8 Å². The maximum absolute atomic E-state index is 12.5. The lowest BCUT2D eigenvalue weighted by Gasteiger charge is -2.12. The van der Waals surface area contributed by atoms with Crippen molar-refractivity contribution in [2.45, 2.75) is 13.8 Å². The number of imide groups is 1. The molecule has 5 nitrogen and oxygen atoms in total. The lowest BCUT2D eigenvalue weighted by Crippen LogP contribution is -2.24. The molecule has 0 bridgehead atoms. The van der Waals surface area contributed by atoms with E-state index in [-0.39, 0.29) is 17.7 Å². The summed E-state index contributed by atoms with van der Waals surface area (Å²) >= 11 is 0. The Labute approximate surface area is 151 Å². The van der Waals surface area contributed by atoms with Crippen LogP contribution in [0.3, 0.4) is 0 Å². The molecule has 0 atom stereocenters. The molecule has 0 saturated heterocycles. The first-order valence-corrected chi connectivity index (χ1v) is 8.31. The van der Waals surface area contributed by atoms with Gasteiger partial charge >= 0.3 is 0 Å². The second-order valence-corrected chi connectivity index (χ2v) is 6.91. The second kappa shape index (κ2) is 5.14. The largest absolute Gasteiger partial charge is 0.311 e. The van der Waals surface area contributed by atoms with Gasteiger partial charge in [0.1, 0.15) is 0 Å². The second-order valence-electron chi connectivity index (χ2n) is 6.91. The molecule has 0 fully saturated rings. The first kappa shape index (κ1) is 16.3. The van der Waals surface area contributed by atoms with Crippen molar-refractivity contribution in [1.29, 1.82) is 0 Å². The van der Waals surface area contributed by atoms with Gasteiger partial charge in [-0.25, -0.2) is 0 Å². The number of hydrogen-bond acceptors (Lipinski definition) is 3. The van der Waals surface area contributed by atoms with Crippen LogP contribution in [0.2, 0.25) is 0 Å². The van der Waals surface area contributed by atoms with Gasteiger partial charge in [-0.1, -0.05) is 6.58 Å². The van der Waals surface area contributed by atoms with E-state index in [1.807, 2.05) is 26.0 Å². The molecular weight excluding hydrogens is 328 g/mol. The van der Waals surface area contributed by atoms with Crippen molar-refractivity contribution in [3.05, 3.63) is 64.2 Å². The third kappa shape index (κ3) is 1.94. The fourth-order valence-electron chi connectivity index (χ4n) is 3.70. The van der Waals surface area contributed by atoms with E-state index in [2.05, 4.69) is 6.58 Å². The Morgan fingerprint density at radius 3 is 1.54 bits per heavy atom. The molecule has 0 spiro atoms. The Bertz CT molecular complexity index is 980. The summed E-state index contributed by atoms with van der Waals surface area (Å²) in [5, 5.41) is 0. The molecule has 2 aromatic carbocycles. The van der Waals surface area contributed by atoms with Crippen molar-refractivity contribution in [3.8, 4) is 11.1 Å². The highest BCUT2D eigenvalue weighted by Crippen LogP contribution is 2.38. The highest BCUT2D eigenvalue weighted by Gasteiger charge is 2.34. The maximum atomic E-state index is 12.5. The van der Waals surface area contributed by atoms with E-state index in [9.17, 15) is 14.4 Å². The zero-order valence-electron chi connectivity index (χ0n) is 15.1. The lowest BCUT2D eigenvalue weighted by molar-refractivity contribution is 0.0692. The standard InChI is InChI=1S/C21H18N2O3/c1-10-6-15-12(3)22(4)19(24)17(15)8-13(10)14-9-18-16(7-11(14)2)20(25)23(5)21(18)26/h6-9H,3H2,1-2,4-5H3. The molecule has 2 aliphatic heterocycles. The van der Waals surface area contributed by atoms with Crippen LogP contribution in [-0.4, -0.2) is 41.6 Å². The molecule has 0 aromatic heterocycles. The summed E-state index contributed by atoms with van der Waals surface area (Å²) in [4.78, 5) is 39.7. The van der Waals surface area contributed by atoms with Crippen LogP contribution in [0.15, 0.2) is 30.8 Å². The predicted octanol–water partition coefficient (Wildman–Crippen LogP) is 3.25. The number of nitrogens with zero attached hydrogens (tertiary/aromatic N) is 2. The van der Waals surface area contributed by atoms with Gasteiger partial charge in [-0.2, -0.15) is 0 Å². The van der Waals surface area contributed by atoms with E-state index in [0.29, 0.717) is 22.4 Å². The smallest absolute Gasteiger partial charge is 0.261 e. The summed E-state index contributed by atoms with van der Waals surface area (Å²) in [6.07, 6.45) is 0. The topological polar surface area (TPSA) is 57.7 Å². The molecule has 5 heteroatoms. The lowest BCUT2D eigenvalue weighted by atomic mass is 9.90. The summed E-state index contributed by atoms with van der Waals surface area (Å²) in [7, 11) is 3.20. The minimum atomic E-state index is -0.297. The molecule has 2 aromatic rings. The highest BCUT2D eigenvalue weighted by atomic mass is 16.2. The summed E-state index contributed by atoms with van der Waals surface area (Å²) in [5.74, 6) is -0.663. The fraction of sp³-hybridized carbons (Fsp3) is 0.190. The maximum Gasteiger partial charge on any atom is 0.261 e. The van der Waals surface area contributed by atoms with Crippen LogP contribution in [0.25, 0.3) is 16.8 Å². The molecule has 4 rings (SSSR count). The van der Waals surface area contributed by atoms with E-state index in [1.54, 1.807) is 24.1 Å². The van der Waals surface area contributed by atoms with Gasteiger partial charge in [0.05, 0.1) is 11.1 Å². The fourth-order valence-corrected chi connectivity index (χ4v) is 3.70. The van der Waals surface area contributed by atoms with Gasteiger partial charge in [-0.15, -0.1) is 0 Å². The van der Waals surface area contributed by atoms with Crippen LogP contribution < -0.4 is 0 Å². The Balaban J connectivity index is 1.94. The quantitative estimate of drug-likeness (QED) is 0.745.